The number of hydrogen-bond acceptors (Lipinski definition) is 3. The zero-order valence-electron chi connectivity index (χ0n) is 7.97. The molecular formula is C11H12O3. The van der Waals surface area contributed by atoms with E-state index in [1.807, 2.05) is 37.3 Å². The number of hydrogen-bond donors (Lipinski definition) is 0. The highest BCUT2D eigenvalue weighted by atomic mass is 16.8. The van der Waals surface area contributed by atoms with E-state index in [0.717, 1.165) is 5.56 Å². The van der Waals surface area contributed by atoms with Crippen LogP contribution in [-0.2, 0) is 15.9 Å². The summed E-state index contributed by atoms with van der Waals surface area (Å²) in [5, 5.41) is 0. The lowest BCUT2D eigenvalue weighted by Gasteiger charge is -2.10. The van der Waals surface area contributed by atoms with Crippen LogP contribution in [-0.4, -0.2) is 18.4 Å². The Labute approximate surface area is 82.6 Å². The first-order valence-electron chi connectivity index (χ1n) is 4.67. The van der Waals surface area contributed by atoms with Crippen molar-refractivity contribution in [3.63, 3.8) is 0 Å². The van der Waals surface area contributed by atoms with Gasteiger partial charge in [0.25, 0.3) is 0 Å². The lowest BCUT2D eigenvalue weighted by molar-refractivity contribution is 0.117. The molecule has 0 amide bonds. The van der Waals surface area contributed by atoms with Crippen LogP contribution < -0.4 is 0 Å². The van der Waals surface area contributed by atoms with Crippen molar-refractivity contribution >= 4 is 6.16 Å². The topological polar surface area (TPSA) is 35.5 Å². The van der Waals surface area contributed by atoms with E-state index in [4.69, 9.17) is 9.47 Å². The van der Waals surface area contributed by atoms with Gasteiger partial charge in [-0.15, -0.1) is 0 Å². The van der Waals surface area contributed by atoms with Crippen LogP contribution in [0.1, 0.15) is 12.5 Å². The van der Waals surface area contributed by atoms with Gasteiger partial charge >= 0.3 is 6.16 Å². The second-order valence-electron chi connectivity index (χ2n) is 3.42. The molecule has 3 nitrogen and oxygen atoms in total. The summed E-state index contributed by atoms with van der Waals surface area (Å²) < 4.78 is 9.90. The van der Waals surface area contributed by atoms with Crippen LogP contribution in [0.3, 0.4) is 0 Å². The summed E-state index contributed by atoms with van der Waals surface area (Å²) in [5.74, 6) is 0. The normalized spacial score (nSPS) is 25.6. The minimum Gasteiger partial charge on any atom is -0.427 e. The van der Waals surface area contributed by atoms with Gasteiger partial charge in [-0.3, -0.25) is 0 Å². The van der Waals surface area contributed by atoms with Crippen LogP contribution >= 0.6 is 0 Å². The van der Waals surface area contributed by atoms with Gasteiger partial charge in [0, 0.05) is 6.42 Å². The van der Waals surface area contributed by atoms with Gasteiger partial charge in [-0.1, -0.05) is 30.3 Å². The largest absolute Gasteiger partial charge is 0.509 e. The van der Waals surface area contributed by atoms with Gasteiger partial charge in [0.15, 0.2) is 0 Å². The maximum absolute atomic E-state index is 10.8. The lowest BCUT2D eigenvalue weighted by atomic mass is 10.1. The van der Waals surface area contributed by atoms with Crippen LogP contribution in [0, 0.1) is 0 Å². The quantitative estimate of drug-likeness (QED) is 0.673. The van der Waals surface area contributed by atoms with E-state index in [2.05, 4.69) is 0 Å². The van der Waals surface area contributed by atoms with E-state index in [9.17, 15) is 4.79 Å². The van der Waals surface area contributed by atoms with Gasteiger partial charge in [-0.2, -0.15) is 0 Å². The summed E-state index contributed by atoms with van der Waals surface area (Å²) in [6.07, 6.45) is -0.140. The predicted molar refractivity (Wildman–Crippen MR) is 51.0 cm³/mol. The Balaban J connectivity index is 2.02. The molecule has 1 aromatic rings. The number of carbonyl (C=O) groups is 1. The molecule has 1 fully saturated rings. The summed E-state index contributed by atoms with van der Waals surface area (Å²) in [4.78, 5) is 10.8. The molecular weight excluding hydrogens is 180 g/mol. The molecule has 14 heavy (non-hydrogen) atoms. The van der Waals surface area contributed by atoms with Crippen molar-refractivity contribution in [3.05, 3.63) is 35.9 Å². The minimum absolute atomic E-state index is 0.148. The van der Waals surface area contributed by atoms with Crippen molar-refractivity contribution in [2.75, 3.05) is 0 Å². The average molecular weight is 192 g/mol. The summed E-state index contributed by atoms with van der Waals surface area (Å²) in [5.41, 5.74) is 1.16. The highest BCUT2D eigenvalue weighted by Crippen LogP contribution is 2.18. The van der Waals surface area contributed by atoms with E-state index >= 15 is 0 Å². The monoisotopic (exact) mass is 192 g/mol. The Bertz CT molecular complexity index is 321. The van der Waals surface area contributed by atoms with E-state index in [-0.39, 0.29) is 12.2 Å². The minimum atomic E-state index is -0.557. The van der Waals surface area contributed by atoms with E-state index in [1.165, 1.54) is 0 Å². The third-order valence-electron chi connectivity index (χ3n) is 2.33. The van der Waals surface area contributed by atoms with Crippen molar-refractivity contribution in [2.45, 2.75) is 25.6 Å². The molecule has 0 spiro atoms. The molecule has 2 rings (SSSR count). The Morgan fingerprint density at radius 1 is 1.21 bits per heavy atom. The zero-order valence-corrected chi connectivity index (χ0v) is 7.97. The molecule has 0 bridgehead atoms. The molecule has 0 radical (unpaired) electrons. The van der Waals surface area contributed by atoms with Crippen molar-refractivity contribution in [3.8, 4) is 0 Å². The number of ether oxygens (including phenoxy) is 2. The van der Waals surface area contributed by atoms with Gasteiger partial charge in [0.05, 0.1) is 0 Å². The average Bonchev–Trinajstić information content (AvgIpc) is 2.47. The first-order valence-corrected chi connectivity index (χ1v) is 4.67. The van der Waals surface area contributed by atoms with Crippen molar-refractivity contribution < 1.29 is 14.3 Å². The SMILES string of the molecule is CC1OC(=O)OC1Cc1ccccc1. The molecule has 0 N–H and O–H groups in total. The molecule has 74 valence electrons. The van der Waals surface area contributed by atoms with Crippen LogP contribution in [0.2, 0.25) is 0 Å². The fourth-order valence-corrected chi connectivity index (χ4v) is 1.53. The number of rotatable bonds is 2. The molecule has 1 saturated heterocycles. The number of benzene rings is 1. The second-order valence-corrected chi connectivity index (χ2v) is 3.42. The molecule has 1 heterocycles. The molecule has 1 aliphatic rings. The smallest absolute Gasteiger partial charge is 0.427 e. The second kappa shape index (κ2) is 3.70. The maximum atomic E-state index is 10.8. The van der Waals surface area contributed by atoms with Crippen LogP contribution in [0.15, 0.2) is 30.3 Å². The van der Waals surface area contributed by atoms with Gasteiger partial charge in [0.2, 0.25) is 0 Å². The zero-order chi connectivity index (χ0) is 9.97. The molecule has 0 aliphatic carbocycles. The van der Waals surface area contributed by atoms with E-state index in [0.29, 0.717) is 6.42 Å². The highest BCUT2D eigenvalue weighted by Gasteiger charge is 2.32. The predicted octanol–water partition coefficient (Wildman–Crippen LogP) is 2.15. The Morgan fingerprint density at radius 2 is 1.93 bits per heavy atom. The van der Waals surface area contributed by atoms with Crippen molar-refractivity contribution in [1.82, 2.24) is 0 Å². The van der Waals surface area contributed by atoms with Crippen LogP contribution in [0.4, 0.5) is 4.79 Å². The summed E-state index contributed by atoms with van der Waals surface area (Å²) in [6, 6.07) is 9.93. The first kappa shape index (κ1) is 9.06. The van der Waals surface area contributed by atoms with Gasteiger partial charge < -0.3 is 9.47 Å². The van der Waals surface area contributed by atoms with Gasteiger partial charge in [0.1, 0.15) is 12.2 Å². The Hall–Kier alpha value is -1.51. The fourth-order valence-electron chi connectivity index (χ4n) is 1.53. The van der Waals surface area contributed by atoms with Crippen molar-refractivity contribution in [1.29, 1.82) is 0 Å². The fraction of sp³-hybridized carbons (Fsp3) is 0.364. The Morgan fingerprint density at radius 3 is 2.50 bits per heavy atom. The molecule has 0 saturated carbocycles. The molecule has 1 aromatic carbocycles. The molecule has 3 heteroatoms. The van der Waals surface area contributed by atoms with Gasteiger partial charge in [-0.05, 0) is 12.5 Å². The van der Waals surface area contributed by atoms with Crippen molar-refractivity contribution in [2.24, 2.45) is 0 Å². The highest BCUT2D eigenvalue weighted by molar-refractivity contribution is 5.62. The first-order chi connectivity index (χ1) is 6.75. The Kier molecular flexibility index (Phi) is 2.39. The van der Waals surface area contributed by atoms with E-state index in [1.54, 1.807) is 0 Å². The van der Waals surface area contributed by atoms with E-state index < -0.39 is 6.16 Å². The summed E-state index contributed by atoms with van der Waals surface area (Å²) >= 11 is 0. The standard InChI is InChI=1S/C11H12O3/c1-8-10(14-11(12)13-8)7-9-5-3-2-4-6-9/h2-6,8,10H,7H2,1H3. The van der Waals surface area contributed by atoms with Crippen LogP contribution in [0.25, 0.3) is 0 Å². The third kappa shape index (κ3) is 1.87. The molecule has 2 unspecified atom stereocenters. The molecule has 1 aliphatic heterocycles. The number of cyclic esters (lactones) is 2. The lowest BCUT2D eigenvalue weighted by Crippen LogP contribution is -2.21. The maximum Gasteiger partial charge on any atom is 0.509 e. The number of carbonyl (C=O) groups excluding carboxylic acids is 1. The molecule has 2 atom stereocenters. The third-order valence-corrected chi connectivity index (χ3v) is 2.33. The molecule has 0 aromatic heterocycles. The summed E-state index contributed by atoms with van der Waals surface area (Å²) in [6.45, 7) is 1.85. The van der Waals surface area contributed by atoms with Crippen LogP contribution in [0.5, 0.6) is 0 Å². The summed E-state index contributed by atoms with van der Waals surface area (Å²) in [7, 11) is 0. The van der Waals surface area contributed by atoms with Gasteiger partial charge in [-0.25, -0.2) is 4.79 Å².